The summed E-state index contributed by atoms with van der Waals surface area (Å²) in [5.41, 5.74) is 7.83. The first-order valence-corrected chi connectivity index (χ1v) is 15.4. The molecule has 0 amide bonds. The lowest BCUT2D eigenvalue weighted by Gasteiger charge is -2.22. The van der Waals surface area contributed by atoms with Gasteiger partial charge in [-0.2, -0.15) is 0 Å². The molecule has 8 aromatic carbocycles. The summed E-state index contributed by atoms with van der Waals surface area (Å²) < 4.78 is 8.78. The van der Waals surface area contributed by atoms with E-state index in [-0.39, 0.29) is 0 Å². The van der Waals surface area contributed by atoms with Crippen molar-refractivity contribution in [3.63, 3.8) is 0 Å². The predicted molar refractivity (Wildman–Crippen MR) is 187 cm³/mol. The number of imidazole rings is 1. The van der Waals surface area contributed by atoms with E-state index in [1.807, 2.05) is 18.2 Å². The van der Waals surface area contributed by atoms with Crippen LogP contribution in [-0.2, 0) is 0 Å². The van der Waals surface area contributed by atoms with Crippen molar-refractivity contribution in [3.05, 3.63) is 145 Å². The summed E-state index contributed by atoms with van der Waals surface area (Å²) in [6.45, 7) is 2.06. The van der Waals surface area contributed by atoms with Crippen molar-refractivity contribution in [1.29, 1.82) is 0 Å². The quantitative estimate of drug-likeness (QED) is 0.152. The maximum atomic E-state index is 6.56. The number of fused-ring (bicyclic) bond motifs is 7. The van der Waals surface area contributed by atoms with Crippen LogP contribution in [0.4, 0.5) is 0 Å². The third-order valence-electron chi connectivity index (χ3n) is 9.48. The molecule has 0 saturated carbocycles. The first-order chi connectivity index (χ1) is 22.2. The van der Waals surface area contributed by atoms with Gasteiger partial charge in [0.15, 0.2) is 11.5 Å². The third-order valence-corrected chi connectivity index (χ3v) is 9.48. The van der Waals surface area contributed by atoms with Gasteiger partial charge in [-0.25, -0.2) is 4.98 Å². The molecule has 0 atom stereocenters. The zero-order valence-electron chi connectivity index (χ0n) is 24.6. The highest BCUT2D eigenvalue weighted by Crippen LogP contribution is 2.47. The topological polar surface area (TPSA) is 27.1 Å². The average molecular weight is 575 g/mol. The number of aromatic nitrogens is 2. The van der Waals surface area contributed by atoms with Crippen LogP contribution in [0.3, 0.4) is 0 Å². The normalized spacial score (nSPS) is 12.3. The van der Waals surface area contributed by atoms with Crippen LogP contribution in [0.25, 0.3) is 82.1 Å². The molecule has 0 bridgehead atoms. The van der Waals surface area contributed by atoms with Gasteiger partial charge in [-0.1, -0.05) is 109 Å². The Balaban J connectivity index is 1.24. The number of hydrogen-bond acceptors (Lipinski definition) is 2. The van der Waals surface area contributed by atoms with E-state index in [1.165, 1.54) is 59.8 Å². The zero-order chi connectivity index (χ0) is 29.6. The lowest BCUT2D eigenvalue weighted by Crippen LogP contribution is -2.05. The van der Waals surface area contributed by atoms with Crippen molar-refractivity contribution >= 4 is 54.1 Å². The molecule has 210 valence electrons. The van der Waals surface area contributed by atoms with Crippen molar-refractivity contribution in [1.82, 2.24) is 9.55 Å². The van der Waals surface area contributed by atoms with Gasteiger partial charge in [0.05, 0.1) is 11.2 Å². The maximum absolute atomic E-state index is 6.56. The van der Waals surface area contributed by atoms with Gasteiger partial charge in [-0.15, -0.1) is 0 Å². The van der Waals surface area contributed by atoms with Gasteiger partial charge in [-0.05, 0) is 103 Å². The first-order valence-electron chi connectivity index (χ1n) is 15.4. The molecule has 0 saturated heterocycles. The Hall–Kier alpha value is -5.93. The molecule has 1 aromatic heterocycles. The second-order valence-electron chi connectivity index (χ2n) is 12.0. The fraction of sp³-hybridized carbons (Fsp3) is 0.0238. The first kappa shape index (κ1) is 24.5. The van der Waals surface area contributed by atoms with E-state index in [9.17, 15) is 0 Å². The van der Waals surface area contributed by atoms with Gasteiger partial charge in [0.1, 0.15) is 11.3 Å². The predicted octanol–water partition coefficient (Wildman–Crippen LogP) is 11.4. The van der Waals surface area contributed by atoms with Gasteiger partial charge >= 0.3 is 0 Å². The Bertz CT molecular complexity index is 2640. The Labute approximate surface area is 259 Å². The summed E-state index contributed by atoms with van der Waals surface area (Å²) in [6.07, 6.45) is 0. The van der Waals surface area contributed by atoms with E-state index < -0.39 is 0 Å². The molecule has 10 rings (SSSR count). The summed E-state index contributed by atoms with van der Waals surface area (Å²) in [5, 5.41) is 9.99. The minimum absolute atomic E-state index is 0.839. The Kier molecular flexibility index (Phi) is 4.92. The summed E-state index contributed by atoms with van der Waals surface area (Å²) in [5.74, 6) is 2.64. The number of rotatable bonds is 2. The summed E-state index contributed by atoms with van der Waals surface area (Å²) in [6, 6.07) is 50.4. The molecule has 2 heterocycles. The van der Waals surface area contributed by atoms with E-state index in [2.05, 4.69) is 133 Å². The molecular formula is C42H26N2O. The summed E-state index contributed by atoms with van der Waals surface area (Å²) in [7, 11) is 0. The van der Waals surface area contributed by atoms with Crippen molar-refractivity contribution in [3.8, 4) is 39.4 Å². The smallest absolute Gasteiger partial charge is 0.153 e. The minimum atomic E-state index is 0.839. The second-order valence-corrected chi connectivity index (χ2v) is 12.0. The van der Waals surface area contributed by atoms with E-state index in [4.69, 9.17) is 9.72 Å². The highest BCUT2D eigenvalue weighted by Gasteiger charge is 2.24. The molecule has 0 fully saturated rings. The fourth-order valence-corrected chi connectivity index (χ4v) is 7.55. The largest absolute Gasteiger partial charge is 0.453 e. The molecule has 0 radical (unpaired) electrons. The Morgan fingerprint density at radius 2 is 1.07 bits per heavy atom. The second kappa shape index (κ2) is 9.04. The van der Waals surface area contributed by atoms with Crippen LogP contribution >= 0.6 is 0 Å². The number of benzene rings is 8. The molecule has 9 aromatic rings. The molecule has 3 heteroatoms. The average Bonchev–Trinajstić information content (AvgIpc) is 3.43. The van der Waals surface area contributed by atoms with Crippen LogP contribution in [0.5, 0.6) is 11.5 Å². The fourth-order valence-electron chi connectivity index (χ4n) is 7.55. The SMILES string of the molecule is Cc1nc2cccc3c2n1-c1ccc(-c2c4ccccc4c(-c4ccc5ccc6ccccc6c5c4)c4ccccc24)cc1O3. The minimum Gasteiger partial charge on any atom is -0.453 e. The van der Waals surface area contributed by atoms with Gasteiger partial charge in [-0.3, -0.25) is 4.57 Å². The van der Waals surface area contributed by atoms with Crippen LogP contribution in [0.2, 0.25) is 0 Å². The molecule has 3 nitrogen and oxygen atoms in total. The summed E-state index contributed by atoms with van der Waals surface area (Å²) in [4.78, 5) is 4.80. The zero-order valence-corrected chi connectivity index (χ0v) is 24.6. The van der Waals surface area contributed by atoms with Crippen molar-refractivity contribution in [2.45, 2.75) is 6.92 Å². The highest BCUT2D eigenvalue weighted by molar-refractivity contribution is 6.22. The lowest BCUT2D eigenvalue weighted by molar-refractivity contribution is 0.475. The number of para-hydroxylation sites is 1. The summed E-state index contributed by atoms with van der Waals surface area (Å²) >= 11 is 0. The Morgan fingerprint density at radius 3 is 1.78 bits per heavy atom. The third kappa shape index (κ3) is 3.44. The number of hydrogen-bond donors (Lipinski definition) is 0. The molecule has 0 spiro atoms. The monoisotopic (exact) mass is 574 g/mol. The molecule has 0 unspecified atom stereocenters. The van der Waals surface area contributed by atoms with Gasteiger partial charge < -0.3 is 4.74 Å². The highest BCUT2D eigenvalue weighted by atomic mass is 16.5. The molecular weight excluding hydrogens is 548 g/mol. The Morgan fingerprint density at radius 1 is 0.489 bits per heavy atom. The number of aryl methyl sites for hydroxylation is 1. The van der Waals surface area contributed by atoms with Crippen molar-refractivity contribution in [2.24, 2.45) is 0 Å². The van der Waals surface area contributed by atoms with Crippen LogP contribution in [0.15, 0.2) is 140 Å². The molecule has 0 aliphatic carbocycles. The van der Waals surface area contributed by atoms with Crippen LogP contribution in [-0.4, -0.2) is 9.55 Å². The lowest BCUT2D eigenvalue weighted by atomic mass is 9.85. The van der Waals surface area contributed by atoms with Crippen LogP contribution in [0.1, 0.15) is 5.82 Å². The van der Waals surface area contributed by atoms with E-state index in [1.54, 1.807) is 0 Å². The van der Waals surface area contributed by atoms with E-state index in [0.29, 0.717) is 0 Å². The van der Waals surface area contributed by atoms with Crippen molar-refractivity contribution < 1.29 is 4.74 Å². The van der Waals surface area contributed by atoms with Gasteiger partial charge in [0.2, 0.25) is 0 Å². The van der Waals surface area contributed by atoms with E-state index >= 15 is 0 Å². The van der Waals surface area contributed by atoms with E-state index in [0.717, 1.165) is 39.6 Å². The van der Waals surface area contributed by atoms with Crippen LogP contribution in [0, 0.1) is 6.92 Å². The molecule has 45 heavy (non-hydrogen) atoms. The standard InChI is InChI=1S/C42H26N2O/c1-25-43-36-15-8-16-38-42(36)44(25)37-22-21-29(24-39(37)45-38)41-33-13-6-4-11-31(33)40(32-12-5-7-14-34(32)41)28-20-19-27-18-17-26-9-2-3-10-30(26)35(27)23-28/h2-24H,1H3. The van der Waals surface area contributed by atoms with Gasteiger partial charge in [0, 0.05) is 0 Å². The van der Waals surface area contributed by atoms with Crippen LogP contribution < -0.4 is 4.74 Å². The molecule has 1 aliphatic heterocycles. The maximum Gasteiger partial charge on any atom is 0.153 e. The molecule has 1 aliphatic rings. The van der Waals surface area contributed by atoms with Gasteiger partial charge in [0.25, 0.3) is 0 Å². The van der Waals surface area contributed by atoms with Crippen molar-refractivity contribution in [2.75, 3.05) is 0 Å². The number of nitrogens with zero attached hydrogens (tertiary/aromatic N) is 2. The molecule has 0 N–H and O–H groups in total. The number of ether oxygens (including phenoxy) is 1.